The normalized spacial score (nSPS) is 15.0. The molecular weight excluding hydrogens is 426 g/mol. The average Bonchev–Trinajstić information content (AvgIpc) is 3.21. The van der Waals surface area contributed by atoms with Crippen molar-refractivity contribution < 1.29 is 17.9 Å². The number of fused-ring (bicyclic) bond motifs is 1. The van der Waals surface area contributed by atoms with E-state index in [2.05, 4.69) is 5.32 Å². The van der Waals surface area contributed by atoms with Crippen LogP contribution in [0.5, 0.6) is 5.75 Å². The van der Waals surface area contributed by atoms with Gasteiger partial charge in [-0.3, -0.25) is 4.79 Å². The molecule has 32 heavy (non-hydrogen) atoms. The molecule has 2 aromatic carbocycles. The van der Waals surface area contributed by atoms with Crippen LogP contribution in [0, 0.1) is 0 Å². The van der Waals surface area contributed by atoms with Crippen molar-refractivity contribution in [2.24, 2.45) is 0 Å². The maximum absolute atomic E-state index is 13.0. The van der Waals surface area contributed by atoms with Gasteiger partial charge in [0.2, 0.25) is 15.9 Å². The quantitative estimate of drug-likeness (QED) is 0.564. The van der Waals surface area contributed by atoms with Crippen LogP contribution in [-0.4, -0.2) is 42.9 Å². The van der Waals surface area contributed by atoms with Crippen LogP contribution in [0.4, 0.5) is 0 Å². The molecule has 1 aliphatic rings. The van der Waals surface area contributed by atoms with Gasteiger partial charge in [0.1, 0.15) is 12.3 Å². The molecule has 0 saturated carbocycles. The lowest BCUT2D eigenvalue weighted by Crippen LogP contribution is -2.35. The molecular formula is C24H29N3O4S. The van der Waals surface area contributed by atoms with E-state index < -0.39 is 10.0 Å². The number of nitrogens with zero attached hydrogens (tertiary/aromatic N) is 2. The molecule has 0 spiro atoms. The molecule has 7 nitrogen and oxygen atoms in total. The highest BCUT2D eigenvalue weighted by Gasteiger charge is 2.26. The first-order chi connectivity index (χ1) is 15.5. The molecule has 1 saturated heterocycles. The smallest absolute Gasteiger partial charge is 0.243 e. The van der Waals surface area contributed by atoms with Crippen molar-refractivity contribution in [2.75, 3.05) is 19.7 Å². The SMILES string of the molecule is CCOc1ccccc1CNC(=O)Cn1ccc2cc(S(=O)(=O)N3CCCCC3)ccc21. The summed E-state index contributed by atoms with van der Waals surface area (Å²) in [6.45, 7) is 4.18. The van der Waals surface area contributed by atoms with Crippen LogP contribution in [0.2, 0.25) is 0 Å². The van der Waals surface area contributed by atoms with E-state index in [1.54, 1.807) is 22.5 Å². The molecule has 3 aromatic rings. The number of aromatic nitrogens is 1. The zero-order valence-electron chi connectivity index (χ0n) is 18.3. The number of nitrogens with one attached hydrogen (secondary N) is 1. The molecule has 0 aliphatic carbocycles. The number of ether oxygens (including phenoxy) is 1. The van der Waals surface area contributed by atoms with Crippen LogP contribution in [0.25, 0.3) is 10.9 Å². The number of para-hydroxylation sites is 1. The molecule has 0 radical (unpaired) electrons. The number of hydrogen-bond acceptors (Lipinski definition) is 4. The van der Waals surface area contributed by atoms with Gasteiger partial charge in [-0.25, -0.2) is 8.42 Å². The van der Waals surface area contributed by atoms with Crippen molar-refractivity contribution in [3.05, 3.63) is 60.3 Å². The Morgan fingerprint density at radius 2 is 1.84 bits per heavy atom. The number of carbonyl (C=O) groups excluding carboxylic acids is 1. The molecule has 0 unspecified atom stereocenters. The Morgan fingerprint density at radius 3 is 2.62 bits per heavy atom. The van der Waals surface area contributed by atoms with Gasteiger partial charge in [-0.05, 0) is 50.1 Å². The number of rotatable bonds is 8. The fourth-order valence-corrected chi connectivity index (χ4v) is 5.63. The molecule has 1 aliphatic heterocycles. The Morgan fingerprint density at radius 1 is 1.06 bits per heavy atom. The third-order valence-electron chi connectivity index (χ3n) is 5.76. The highest BCUT2D eigenvalue weighted by molar-refractivity contribution is 7.89. The summed E-state index contributed by atoms with van der Waals surface area (Å²) >= 11 is 0. The Bertz CT molecular complexity index is 1200. The lowest BCUT2D eigenvalue weighted by Gasteiger charge is -2.25. The number of amides is 1. The monoisotopic (exact) mass is 455 g/mol. The summed E-state index contributed by atoms with van der Waals surface area (Å²) < 4.78 is 34.9. The van der Waals surface area contributed by atoms with Gasteiger partial charge in [-0.15, -0.1) is 0 Å². The van der Waals surface area contributed by atoms with Crippen molar-refractivity contribution in [1.82, 2.24) is 14.2 Å². The summed E-state index contributed by atoms with van der Waals surface area (Å²) in [4.78, 5) is 12.9. The average molecular weight is 456 g/mol. The summed E-state index contributed by atoms with van der Waals surface area (Å²) in [6.07, 6.45) is 4.70. The topological polar surface area (TPSA) is 80.6 Å². The number of benzene rings is 2. The van der Waals surface area contributed by atoms with Gasteiger partial charge < -0.3 is 14.6 Å². The van der Waals surface area contributed by atoms with E-state index in [1.165, 1.54) is 0 Å². The summed E-state index contributed by atoms with van der Waals surface area (Å²) in [6, 6.07) is 14.6. The first-order valence-electron chi connectivity index (χ1n) is 11.1. The Labute approximate surface area is 189 Å². The summed E-state index contributed by atoms with van der Waals surface area (Å²) in [5.41, 5.74) is 1.75. The van der Waals surface area contributed by atoms with Crippen molar-refractivity contribution in [2.45, 2.75) is 44.2 Å². The number of carbonyl (C=O) groups is 1. The third-order valence-corrected chi connectivity index (χ3v) is 7.65. The van der Waals surface area contributed by atoms with Gasteiger partial charge in [-0.1, -0.05) is 24.6 Å². The molecule has 8 heteroatoms. The molecule has 1 aromatic heterocycles. The predicted molar refractivity (Wildman–Crippen MR) is 124 cm³/mol. The second-order valence-electron chi connectivity index (χ2n) is 7.95. The fourth-order valence-electron chi connectivity index (χ4n) is 4.08. The van der Waals surface area contributed by atoms with E-state index >= 15 is 0 Å². The van der Waals surface area contributed by atoms with Gasteiger partial charge in [0.25, 0.3) is 0 Å². The highest BCUT2D eigenvalue weighted by Crippen LogP contribution is 2.25. The van der Waals surface area contributed by atoms with E-state index in [0.717, 1.165) is 41.5 Å². The minimum absolute atomic E-state index is 0.126. The van der Waals surface area contributed by atoms with Crippen LogP contribution >= 0.6 is 0 Å². The molecule has 4 rings (SSSR count). The van der Waals surface area contributed by atoms with E-state index in [9.17, 15) is 13.2 Å². The van der Waals surface area contributed by atoms with E-state index in [0.29, 0.717) is 31.1 Å². The molecule has 2 heterocycles. The van der Waals surface area contributed by atoms with Crippen molar-refractivity contribution >= 4 is 26.8 Å². The number of sulfonamides is 1. The van der Waals surface area contributed by atoms with E-state index in [4.69, 9.17) is 4.74 Å². The Balaban J connectivity index is 1.45. The zero-order chi connectivity index (χ0) is 22.6. The van der Waals surface area contributed by atoms with Crippen LogP contribution in [0.1, 0.15) is 31.7 Å². The summed E-state index contributed by atoms with van der Waals surface area (Å²) in [5, 5.41) is 3.74. The van der Waals surface area contributed by atoms with Crippen molar-refractivity contribution in [3.63, 3.8) is 0 Å². The van der Waals surface area contributed by atoms with Gasteiger partial charge >= 0.3 is 0 Å². The first-order valence-corrected chi connectivity index (χ1v) is 12.5. The maximum Gasteiger partial charge on any atom is 0.243 e. The molecule has 0 atom stereocenters. The molecule has 170 valence electrons. The van der Waals surface area contributed by atoms with Crippen LogP contribution < -0.4 is 10.1 Å². The van der Waals surface area contributed by atoms with Crippen LogP contribution in [0.3, 0.4) is 0 Å². The van der Waals surface area contributed by atoms with Gasteiger partial charge in [0, 0.05) is 42.3 Å². The van der Waals surface area contributed by atoms with E-state index in [1.807, 2.05) is 48.0 Å². The minimum Gasteiger partial charge on any atom is -0.494 e. The number of hydrogen-bond donors (Lipinski definition) is 1. The lowest BCUT2D eigenvalue weighted by molar-refractivity contribution is -0.121. The van der Waals surface area contributed by atoms with Crippen LogP contribution in [-0.2, 0) is 27.9 Å². The predicted octanol–water partition coefficient (Wildman–Crippen LogP) is 3.53. The highest BCUT2D eigenvalue weighted by atomic mass is 32.2. The molecule has 1 amide bonds. The number of piperidine rings is 1. The first kappa shape index (κ1) is 22.4. The zero-order valence-corrected chi connectivity index (χ0v) is 19.1. The van der Waals surface area contributed by atoms with Gasteiger partial charge in [-0.2, -0.15) is 4.31 Å². The molecule has 0 bridgehead atoms. The molecule has 1 fully saturated rings. The van der Waals surface area contributed by atoms with Crippen molar-refractivity contribution in [3.8, 4) is 5.75 Å². The minimum atomic E-state index is -3.48. The van der Waals surface area contributed by atoms with Crippen molar-refractivity contribution in [1.29, 1.82) is 0 Å². The van der Waals surface area contributed by atoms with Gasteiger partial charge in [0.15, 0.2) is 0 Å². The largest absolute Gasteiger partial charge is 0.494 e. The fraction of sp³-hybridized carbons (Fsp3) is 0.375. The molecule has 1 N–H and O–H groups in total. The van der Waals surface area contributed by atoms with Crippen LogP contribution in [0.15, 0.2) is 59.6 Å². The Hall–Kier alpha value is -2.84. The van der Waals surface area contributed by atoms with Gasteiger partial charge in [0.05, 0.1) is 11.5 Å². The second-order valence-corrected chi connectivity index (χ2v) is 9.88. The Kier molecular flexibility index (Phi) is 6.81. The lowest BCUT2D eigenvalue weighted by atomic mass is 10.2. The third kappa shape index (κ3) is 4.81. The second kappa shape index (κ2) is 9.75. The van der Waals surface area contributed by atoms with E-state index in [-0.39, 0.29) is 12.5 Å². The summed E-state index contributed by atoms with van der Waals surface area (Å²) in [5.74, 6) is 0.642. The summed E-state index contributed by atoms with van der Waals surface area (Å²) in [7, 11) is -3.48. The standard InChI is InChI=1S/C24H29N3O4S/c1-2-31-23-9-5-4-8-20(23)17-25-24(28)18-26-15-12-19-16-21(10-11-22(19)26)32(29,30)27-13-6-3-7-14-27/h4-5,8-12,15-16H,2-3,6-7,13-14,17-18H2,1H3,(H,25,28). The maximum atomic E-state index is 13.0.